The van der Waals surface area contributed by atoms with Gasteiger partial charge in [0.05, 0.1) is 10.6 Å². The zero-order valence-electron chi connectivity index (χ0n) is 13.5. The summed E-state index contributed by atoms with van der Waals surface area (Å²) in [5.41, 5.74) is 11.6. The van der Waals surface area contributed by atoms with Gasteiger partial charge in [-0.25, -0.2) is 9.98 Å². The minimum absolute atomic E-state index is 0.0306. The van der Waals surface area contributed by atoms with E-state index in [1.54, 1.807) is 6.19 Å². The Bertz CT molecular complexity index is 1080. The normalized spacial score (nSPS) is 14.7. The first-order valence-electron chi connectivity index (χ1n) is 7.33. The van der Waals surface area contributed by atoms with E-state index in [0.717, 1.165) is 18.2 Å². The molecule has 7 N–H and O–H groups in total. The first-order chi connectivity index (χ1) is 12.9. The van der Waals surface area contributed by atoms with Crippen molar-refractivity contribution in [3.63, 3.8) is 0 Å². The first kappa shape index (κ1) is 17.2. The molecule has 134 valence electrons. The predicted molar refractivity (Wildman–Crippen MR) is 94.2 cm³/mol. The van der Waals surface area contributed by atoms with Gasteiger partial charge < -0.3 is 21.9 Å². The second-order valence-electron chi connectivity index (χ2n) is 5.40. The van der Waals surface area contributed by atoms with Crippen LogP contribution in [0.3, 0.4) is 0 Å². The number of nitro benzene ring substituents is 1. The van der Waals surface area contributed by atoms with Gasteiger partial charge in [-0.05, 0) is 6.07 Å². The van der Waals surface area contributed by atoms with Gasteiger partial charge in [0.15, 0.2) is 6.19 Å². The third-order valence-electron chi connectivity index (χ3n) is 3.87. The maximum absolute atomic E-state index is 11.1. The van der Waals surface area contributed by atoms with Gasteiger partial charge in [0.25, 0.3) is 5.69 Å². The fourth-order valence-electron chi connectivity index (χ4n) is 2.68. The van der Waals surface area contributed by atoms with Crippen LogP contribution in [0.1, 0.15) is 22.7 Å². The molecule has 3 rings (SSSR count). The van der Waals surface area contributed by atoms with Crippen molar-refractivity contribution >= 4 is 29.0 Å². The zero-order valence-corrected chi connectivity index (χ0v) is 13.5. The van der Waals surface area contributed by atoms with Crippen molar-refractivity contribution in [2.24, 2.45) is 4.99 Å². The summed E-state index contributed by atoms with van der Waals surface area (Å²) in [7, 11) is 0. The molecule has 1 aromatic heterocycles. The number of rotatable bonds is 2. The lowest BCUT2D eigenvalue weighted by Gasteiger charge is -2.26. The van der Waals surface area contributed by atoms with Crippen molar-refractivity contribution in [1.29, 1.82) is 10.5 Å². The van der Waals surface area contributed by atoms with E-state index in [9.17, 15) is 20.5 Å². The van der Waals surface area contributed by atoms with E-state index in [0.29, 0.717) is 0 Å². The van der Waals surface area contributed by atoms with Crippen molar-refractivity contribution in [2.75, 3.05) is 16.8 Å². The number of phenols is 1. The number of nitriles is 2. The maximum Gasteiger partial charge on any atom is 0.270 e. The highest BCUT2D eigenvalue weighted by Gasteiger charge is 2.32. The number of nitrogens with zero attached hydrogens (tertiary/aromatic N) is 5. The molecule has 2 aromatic rings. The van der Waals surface area contributed by atoms with Crippen molar-refractivity contribution < 1.29 is 10.0 Å². The summed E-state index contributed by atoms with van der Waals surface area (Å²) in [6, 6.07) is 4.17. The minimum atomic E-state index is -1.07. The van der Waals surface area contributed by atoms with Gasteiger partial charge in [-0.3, -0.25) is 15.4 Å². The molecule has 0 saturated carbocycles. The number of pyridine rings is 1. The molecule has 0 saturated heterocycles. The number of phenolic OH excluding ortho intramolecular Hbond substituents is 1. The molecule has 1 unspecified atom stereocenters. The molecule has 0 bridgehead atoms. The number of aromatic nitrogens is 1. The fraction of sp³-hybridized carbons (Fsp3) is 0.0667. The molecule has 27 heavy (non-hydrogen) atoms. The van der Waals surface area contributed by atoms with E-state index in [1.807, 2.05) is 6.07 Å². The first-order valence-corrected chi connectivity index (χ1v) is 7.33. The summed E-state index contributed by atoms with van der Waals surface area (Å²) in [4.78, 5) is 18.8. The number of nitro groups is 1. The number of nitrogens with two attached hydrogens (primary N) is 2. The van der Waals surface area contributed by atoms with Crippen LogP contribution in [0.5, 0.6) is 5.75 Å². The smallest absolute Gasteiger partial charge is 0.270 e. The Labute approximate surface area is 151 Å². The lowest BCUT2D eigenvalue weighted by Crippen LogP contribution is -2.32. The minimum Gasteiger partial charge on any atom is -0.508 e. The van der Waals surface area contributed by atoms with Gasteiger partial charge in [-0.1, -0.05) is 0 Å². The summed E-state index contributed by atoms with van der Waals surface area (Å²) < 4.78 is 0. The molecule has 1 aliphatic heterocycles. The number of anilines is 3. The average Bonchev–Trinajstić information content (AvgIpc) is 2.61. The Morgan fingerprint density at radius 1 is 1.37 bits per heavy atom. The van der Waals surface area contributed by atoms with Gasteiger partial charge >= 0.3 is 0 Å². The number of guanidine groups is 1. The molecule has 0 radical (unpaired) electrons. The van der Waals surface area contributed by atoms with Crippen LogP contribution >= 0.6 is 0 Å². The van der Waals surface area contributed by atoms with Crippen LogP contribution in [0.25, 0.3) is 0 Å². The predicted octanol–water partition coefficient (Wildman–Crippen LogP) is 0.673. The van der Waals surface area contributed by atoms with E-state index < -0.39 is 11.0 Å². The second kappa shape index (κ2) is 6.38. The SMILES string of the molecule is N#CNC1=NC(c2cc([N+](=O)[O-])ccc2O)c2c(nc(N)c(C#N)c2N)N1. The number of non-ortho nitro benzene ring substituents is 1. The Balaban J connectivity index is 2.30. The van der Waals surface area contributed by atoms with Crippen LogP contribution in [0.4, 0.5) is 23.0 Å². The van der Waals surface area contributed by atoms with Crippen molar-refractivity contribution in [3.8, 4) is 18.0 Å². The summed E-state index contributed by atoms with van der Waals surface area (Å²) in [6.45, 7) is 0. The zero-order chi connectivity index (χ0) is 19.7. The number of nitrogens with one attached hydrogen (secondary N) is 2. The van der Waals surface area contributed by atoms with Crippen molar-refractivity contribution in [2.45, 2.75) is 6.04 Å². The highest BCUT2D eigenvalue weighted by atomic mass is 16.6. The van der Waals surface area contributed by atoms with Crippen LogP contribution in [-0.2, 0) is 0 Å². The Kier molecular flexibility index (Phi) is 4.08. The number of hydrogen-bond acceptors (Lipinski definition) is 11. The summed E-state index contributed by atoms with van der Waals surface area (Å²) in [5.74, 6) is -0.348. The Morgan fingerprint density at radius 2 is 2.11 bits per heavy atom. The van der Waals surface area contributed by atoms with Gasteiger partial charge in [-0.15, -0.1) is 0 Å². The molecular weight excluding hydrogens is 354 g/mol. The number of hydrogen-bond donors (Lipinski definition) is 5. The standard InChI is InChI=1S/C15H11N9O3/c16-4-8-11(18)10-12(7-3-6(24(26)27)1-2-9(7)25)21-15(20-5-17)23-14(10)22-13(8)19/h1-3,12,25H,(H6,18,19,20,21,22,23). The summed E-state index contributed by atoms with van der Waals surface area (Å²) in [5, 5.41) is 44.4. The van der Waals surface area contributed by atoms with Crippen LogP contribution in [0, 0.1) is 32.9 Å². The van der Waals surface area contributed by atoms with Gasteiger partial charge in [-0.2, -0.15) is 10.5 Å². The molecular formula is C15H11N9O3. The van der Waals surface area contributed by atoms with Crippen LogP contribution in [0.2, 0.25) is 0 Å². The monoisotopic (exact) mass is 365 g/mol. The quantitative estimate of drug-likeness (QED) is 0.217. The molecule has 12 heteroatoms. The van der Waals surface area contributed by atoms with E-state index in [1.165, 1.54) is 0 Å². The molecule has 0 aliphatic carbocycles. The number of nitrogen functional groups attached to an aromatic ring is 2. The molecule has 0 fully saturated rings. The molecule has 12 nitrogen and oxygen atoms in total. The largest absolute Gasteiger partial charge is 0.508 e. The number of fused-ring (bicyclic) bond motifs is 1. The lowest BCUT2D eigenvalue weighted by atomic mass is 9.94. The molecule has 2 heterocycles. The molecule has 1 atom stereocenters. The third kappa shape index (κ3) is 2.83. The second-order valence-corrected chi connectivity index (χ2v) is 5.40. The molecule has 1 aliphatic rings. The molecule has 0 amide bonds. The van der Waals surface area contributed by atoms with Crippen LogP contribution < -0.4 is 22.1 Å². The molecule has 1 aromatic carbocycles. The topological polar surface area (TPSA) is 212 Å². The summed E-state index contributed by atoms with van der Waals surface area (Å²) >= 11 is 0. The van der Waals surface area contributed by atoms with E-state index >= 15 is 0 Å². The summed E-state index contributed by atoms with van der Waals surface area (Å²) in [6.07, 6.45) is 1.68. The third-order valence-corrected chi connectivity index (χ3v) is 3.87. The van der Waals surface area contributed by atoms with Crippen LogP contribution in [0.15, 0.2) is 23.2 Å². The van der Waals surface area contributed by atoms with Crippen molar-refractivity contribution in [3.05, 3.63) is 45.0 Å². The van der Waals surface area contributed by atoms with Gasteiger partial charge in [0.2, 0.25) is 5.96 Å². The maximum atomic E-state index is 11.1. The highest BCUT2D eigenvalue weighted by molar-refractivity contribution is 5.98. The van der Waals surface area contributed by atoms with Gasteiger partial charge in [0, 0.05) is 23.3 Å². The van der Waals surface area contributed by atoms with E-state index in [4.69, 9.17) is 16.7 Å². The lowest BCUT2D eigenvalue weighted by molar-refractivity contribution is -0.384. The van der Waals surface area contributed by atoms with Gasteiger partial charge in [0.1, 0.15) is 35.1 Å². The van der Waals surface area contributed by atoms with E-state index in [2.05, 4.69) is 20.6 Å². The number of benzene rings is 1. The fourth-order valence-corrected chi connectivity index (χ4v) is 2.68. The van der Waals surface area contributed by atoms with Crippen molar-refractivity contribution in [1.82, 2.24) is 10.3 Å². The van der Waals surface area contributed by atoms with Crippen LogP contribution in [-0.4, -0.2) is 21.0 Å². The number of aromatic hydroxyl groups is 1. The Morgan fingerprint density at radius 3 is 2.74 bits per heavy atom. The number of aliphatic imine (C=N–C) groups is 1. The Hall–Kier alpha value is -4.58. The average molecular weight is 365 g/mol. The highest BCUT2D eigenvalue weighted by Crippen LogP contribution is 2.43. The molecule has 0 spiro atoms. The van der Waals surface area contributed by atoms with E-state index in [-0.39, 0.29) is 51.4 Å².